The molecule has 0 aliphatic carbocycles. The van der Waals surface area contributed by atoms with Crippen LogP contribution in [0.2, 0.25) is 0 Å². The number of nitro groups is 1. The molecule has 0 bridgehead atoms. The molecule has 6 nitrogen and oxygen atoms in total. The van der Waals surface area contributed by atoms with E-state index in [9.17, 15) is 14.9 Å². The van der Waals surface area contributed by atoms with Crippen LogP contribution in [-0.2, 0) is 0 Å². The molecule has 2 rings (SSSR count). The molecule has 1 aromatic carbocycles. The Hall–Kier alpha value is -2.63. The second-order valence-electron chi connectivity index (χ2n) is 3.82. The van der Waals surface area contributed by atoms with Crippen LogP contribution in [0.1, 0.15) is 22.8 Å². The lowest BCUT2D eigenvalue weighted by atomic mass is 10.1. The minimum Gasteiger partial charge on any atom is -0.478 e. The van der Waals surface area contributed by atoms with Gasteiger partial charge in [-0.05, 0) is 6.07 Å². The van der Waals surface area contributed by atoms with Crippen LogP contribution in [0.4, 0.5) is 0 Å². The smallest absolute Gasteiger partial charge is 0.337 e. The van der Waals surface area contributed by atoms with Gasteiger partial charge in [-0.2, -0.15) is 0 Å². The van der Waals surface area contributed by atoms with Gasteiger partial charge >= 0.3 is 5.97 Å². The normalized spacial score (nSPS) is 11.7. The predicted molar refractivity (Wildman–Crippen MR) is 65.9 cm³/mol. The Balaban J connectivity index is 2.63. The van der Waals surface area contributed by atoms with Gasteiger partial charge in [0, 0.05) is 30.1 Å². The zero-order chi connectivity index (χ0) is 13.3. The number of nitrogens with one attached hydrogen (secondary N) is 1. The Labute approximate surface area is 102 Å². The molecule has 0 saturated heterocycles. The maximum absolute atomic E-state index is 11.0. The number of allylic oxidation sites excluding steroid dienone is 1. The average Bonchev–Trinajstić information content (AvgIpc) is 2.72. The summed E-state index contributed by atoms with van der Waals surface area (Å²) in [6.07, 6.45) is 2.97. The van der Waals surface area contributed by atoms with Gasteiger partial charge in [0.15, 0.2) is 0 Å². The van der Waals surface area contributed by atoms with E-state index in [1.807, 2.05) is 0 Å². The monoisotopic (exact) mass is 246 g/mol. The van der Waals surface area contributed by atoms with E-state index in [0.717, 1.165) is 0 Å². The third-order valence-electron chi connectivity index (χ3n) is 2.63. The highest BCUT2D eigenvalue weighted by molar-refractivity contribution is 6.04. The topological polar surface area (TPSA) is 96.2 Å². The van der Waals surface area contributed by atoms with Gasteiger partial charge in [-0.3, -0.25) is 10.1 Å². The van der Waals surface area contributed by atoms with E-state index in [0.29, 0.717) is 16.5 Å². The molecule has 1 aromatic heterocycles. The van der Waals surface area contributed by atoms with Crippen molar-refractivity contribution in [3.8, 4) is 0 Å². The first-order valence-electron chi connectivity index (χ1n) is 5.17. The molecular formula is C12H10N2O4. The molecule has 0 aliphatic heterocycles. The zero-order valence-electron chi connectivity index (χ0n) is 9.51. The average molecular weight is 246 g/mol. The predicted octanol–water partition coefficient (Wildman–Crippen LogP) is 2.50. The molecule has 0 saturated carbocycles. The van der Waals surface area contributed by atoms with Gasteiger partial charge in [-0.1, -0.05) is 12.1 Å². The van der Waals surface area contributed by atoms with E-state index < -0.39 is 10.9 Å². The van der Waals surface area contributed by atoms with Crippen LogP contribution in [0.25, 0.3) is 17.0 Å². The summed E-state index contributed by atoms with van der Waals surface area (Å²) in [5, 5.41) is 20.2. The highest BCUT2D eigenvalue weighted by Crippen LogP contribution is 2.23. The van der Waals surface area contributed by atoms with E-state index in [-0.39, 0.29) is 11.3 Å². The van der Waals surface area contributed by atoms with Crippen molar-refractivity contribution in [3.05, 3.63) is 51.3 Å². The van der Waals surface area contributed by atoms with Gasteiger partial charge in [-0.15, -0.1) is 0 Å². The maximum atomic E-state index is 11.0. The van der Waals surface area contributed by atoms with Crippen LogP contribution >= 0.6 is 0 Å². The molecule has 2 N–H and O–H groups in total. The molecule has 2 aromatic rings. The van der Waals surface area contributed by atoms with Crippen LogP contribution in [0.15, 0.2) is 30.1 Å². The van der Waals surface area contributed by atoms with E-state index in [1.54, 1.807) is 18.3 Å². The Kier molecular flexibility index (Phi) is 2.85. The van der Waals surface area contributed by atoms with Crippen LogP contribution < -0.4 is 0 Å². The molecule has 92 valence electrons. The number of rotatable bonds is 3. The van der Waals surface area contributed by atoms with Crippen molar-refractivity contribution in [1.29, 1.82) is 0 Å². The summed E-state index contributed by atoms with van der Waals surface area (Å²) >= 11 is 0. The Morgan fingerprint density at radius 3 is 2.83 bits per heavy atom. The summed E-state index contributed by atoms with van der Waals surface area (Å²) in [6.45, 7) is 1.39. The molecule has 6 heteroatoms. The molecule has 1 heterocycles. The number of aromatic nitrogens is 1. The van der Waals surface area contributed by atoms with Crippen LogP contribution in [0, 0.1) is 10.1 Å². The van der Waals surface area contributed by atoms with Crippen LogP contribution in [0.5, 0.6) is 0 Å². The van der Waals surface area contributed by atoms with Crippen molar-refractivity contribution in [3.63, 3.8) is 0 Å². The molecule has 0 radical (unpaired) electrons. The maximum Gasteiger partial charge on any atom is 0.337 e. The Morgan fingerprint density at radius 1 is 1.50 bits per heavy atom. The molecule has 0 spiro atoms. The van der Waals surface area contributed by atoms with Crippen molar-refractivity contribution in [2.75, 3.05) is 0 Å². The number of carboxylic acid groups (broad SMARTS) is 1. The van der Waals surface area contributed by atoms with Crippen molar-refractivity contribution in [1.82, 2.24) is 4.98 Å². The van der Waals surface area contributed by atoms with Crippen molar-refractivity contribution >= 4 is 22.9 Å². The number of benzene rings is 1. The van der Waals surface area contributed by atoms with Crippen molar-refractivity contribution < 1.29 is 14.8 Å². The van der Waals surface area contributed by atoms with Crippen LogP contribution in [-0.4, -0.2) is 21.0 Å². The second-order valence-corrected chi connectivity index (χ2v) is 3.82. The fourth-order valence-electron chi connectivity index (χ4n) is 1.75. The first kappa shape index (κ1) is 11.8. The third kappa shape index (κ3) is 1.95. The quantitative estimate of drug-likeness (QED) is 0.642. The van der Waals surface area contributed by atoms with Gasteiger partial charge in [0.2, 0.25) is 5.70 Å². The highest BCUT2D eigenvalue weighted by Gasteiger charge is 2.12. The zero-order valence-corrected chi connectivity index (χ0v) is 9.51. The second kappa shape index (κ2) is 4.33. The minimum absolute atomic E-state index is 0.00312. The lowest BCUT2D eigenvalue weighted by Crippen LogP contribution is -1.96. The standard InChI is InChI=1S/C12H10N2O4/c1-7(14(17)18)5-8-6-13-11-9(8)3-2-4-10(11)12(15)16/h2-6,13H,1H3,(H,15,16). The summed E-state index contributed by atoms with van der Waals surface area (Å²) in [7, 11) is 0. The number of aromatic carboxylic acids is 1. The first-order valence-corrected chi connectivity index (χ1v) is 5.17. The lowest BCUT2D eigenvalue weighted by Gasteiger charge is -1.97. The largest absolute Gasteiger partial charge is 0.478 e. The number of hydrogen-bond acceptors (Lipinski definition) is 3. The molecule has 0 fully saturated rings. The summed E-state index contributed by atoms with van der Waals surface area (Å²) in [5.41, 5.74) is 1.21. The summed E-state index contributed by atoms with van der Waals surface area (Å²) in [5.74, 6) is -1.04. The van der Waals surface area contributed by atoms with E-state index in [4.69, 9.17) is 5.11 Å². The summed E-state index contributed by atoms with van der Waals surface area (Å²) in [4.78, 5) is 23.9. The van der Waals surface area contributed by atoms with Crippen molar-refractivity contribution in [2.45, 2.75) is 6.92 Å². The molecule has 18 heavy (non-hydrogen) atoms. The number of aromatic amines is 1. The number of para-hydroxylation sites is 1. The van der Waals surface area contributed by atoms with Gasteiger partial charge in [-0.25, -0.2) is 4.79 Å². The molecule has 0 amide bonds. The SMILES string of the molecule is CC(=Cc1c[nH]c2c(C(=O)O)cccc12)[N+](=O)[O-]. The number of carbonyl (C=O) groups is 1. The van der Waals surface area contributed by atoms with Gasteiger partial charge in [0.05, 0.1) is 16.0 Å². The molecule has 0 unspecified atom stereocenters. The number of fused-ring (bicyclic) bond motifs is 1. The minimum atomic E-state index is -1.04. The van der Waals surface area contributed by atoms with E-state index in [1.165, 1.54) is 19.1 Å². The Morgan fingerprint density at radius 2 is 2.22 bits per heavy atom. The number of H-pyrrole nitrogens is 1. The molecule has 0 atom stereocenters. The number of hydrogen-bond donors (Lipinski definition) is 2. The molecular weight excluding hydrogens is 236 g/mol. The van der Waals surface area contributed by atoms with Crippen LogP contribution in [0.3, 0.4) is 0 Å². The van der Waals surface area contributed by atoms with Gasteiger partial charge < -0.3 is 10.1 Å². The summed E-state index contributed by atoms with van der Waals surface area (Å²) < 4.78 is 0. The van der Waals surface area contributed by atoms with Gasteiger partial charge in [0.1, 0.15) is 0 Å². The summed E-state index contributed by atoms with van der Waals surface area (Å²) in [6, 6.07) is 4.81. The van der Waals surface area contributed by atoms with E-state index >= 15 is 0 Å². The number of nitrogens with zero attached hydrogens (tertiary/aromatic N) is 1. The first-order chi connectivity index (χ1) is 8.50. The fourth-order valence-corrected chi connectivity index (χ4v) is 1.75. The highest BCUT2D eigenvalue weighted by atomic mass is 16.6. The van der Waals surface area contributed by atoms with E-state index in [2.05, 4.69) is 4.98 Å². The number of carboxylic acids is 1. The van der Waals surface area contributed by atoms with Crippen molar-refractivity contribution in [2.24, 2.45) is 0 Å². The van der Waals surface area contributed by atoms with Gasteiger partial charge in [0.25, 0.3) is 0 Å². The lowest BCUT2D eigenvalue weighted by molar-refractivity contribution is -0.422. The Bertz CT molecular complexity index is 670. The third-order valence-corrected chi connectivity index (χ3v) is 2.63. The molecule has 0 aliphatic rings. The fraction of sp³-hybridized carbons (Fsp3) is 0.0833.